The van der Waals surface area contributed by atoms with Crippen molar-refractivity contribution in [1.29, 1.82) is 0 Å². The third-order valence-corrected chi connectivity index (χ3v) is 4.10. The number of furan rings is 1. The first-order valence-corrected chi connectivity index (χ1v) is 7.35. The van der Waals surface area contributed by atoms with Crippen LogP contribution in [-0.2, 0) is 30.7 Å². The van der Waals surface area contributed by atoms with E-state index in [0.717, 1.165) is 24.5 Å². The maximum Gasteiger partial charge on any atom is 0.235 e. The minimum absolute atomic E-state index is 0.268. The lowest BCUT2D eigenvalue weighted by molar-refractivity contribution is -0.124. The molecule has 0 spiro atoms. The van der Waals surface area contributed by atoms with Crippen molar-refractivity contribution in [3.05, 3.63) is 59.0 Å². The van der Waals surface area contributed by atoms with Gasteiger partial charge in [-0.2, -0.15) is 0 Å². The summed E-state index contributed by atoms with van der Waals surface area (Å²) < 4.78 is 5.76. The number of carbonyl (C=O) groups is 1. The molecule has 0 saturated heterocycles. The van der Waals surface area contributed by atoms with Gasteiger partial charge < -0.3 is 10.2 Å². The van der Waals surface area contributed by atoms with Crippen LogP contribution in [0.15, 0.2) is 40.8 Å². The van der Waals surface area contributed by atoms with E-state index in [0.29, 0.717) is 13.0 Å². The van der Waals surface area contributed by atoms with Crippen molar-refractivity contribution in [3.8, 4) is 0 Å². The van der Waals surface area contributed by atoms with Crippen LogP contribution in [-0.4, -0.2) is 16.8 Å². The molecular weight excluding hydrogens is 264 g/mol. The fraction of sp³-hybridized carbons (Fsp3) is 0.353. The summed E-state index contributed by atoms with van der Waals surface area (Å²) in [5.74, 6) is 1.59. The van der Waals surface area contributed by atoms with Crippen LogP contribution in [0.4, 0.5) is 0 Å². The van der Waals surface area contributed by atoms with E-state index in [1.54, 1.807) is 0 Å². The van der Waals surface area contributed by atoms with E-state index >= 15 is 0 Å². The molecule has 110 valence electrons. The van der Waals surface area contributed by atoms with Crippen molar-refractivity contribution in [2.75, 3.05) is 0 Å². The zero-order valence-electron chi connectivity index (χ0n) is 12.2. The van der Waals surface area contributed by atoms with Gasteiger partial charge >= 0.3 is 0 Å². The van der Waals surface area contributed by atoms with E-state index in [1.165, 1.54) is 11.1 Å². The highest BCUT2D eigenvalue weighted by Gasteiger charge is 2.30. The van der Waals surface area contributed by atoms with E-state index in [-0.39, 0.29) is 11.9 Å². The van der Waals surface area contributed by atoms with E-state index in [2.05, 4.69) is 24.0 Å². The van der Waals surface area contributed by atoms with Gasteiger partial charge in [-0.3, -0.25) is 9.69 Å². The SMILES string of the molecule is CCc1ccc(CN2Cc3ccccc3C[C@H]2C(N)=O)o1. The van der Waals surface area contributed by atoms with Crippen molar-refractivity contribution in [2.24, 2.45) is 5.73 Å². The molecule has 21 heavy (non-hydrogen) atoms. The Labute approximate surface area is 124 Å². The Morgan fingerprint density at radius 3 is 2.62 bits per heavy atom. The van der Waals surface area contributed by atoms with Crippen LogP contribution in [0.25, 0.3) is 0 Å². The Kier molecular flexibility index (Phi) is 3.80. The number of fused-ring (bicyclic) bond motifs is 1. The maximum atomic E-state index is 11.8. The number of aryl methyl sites for hydroxylation is 1. The largest absolute Gasteiger partial charge is 0.465 e. The average Bonchev–Trinajstić information content (AvgIpc) is 2.94. The first-order chi connectivity index (χ1) is 10.2. The molecule has 4 nitrogen and oxygen atoms in total. The van der Waals surface area contributed by atoms with E-state index in [4.69, 9.17) is 10.2 Å². The Morgan fingerprint density at radius 1 is 1.24 bits per heavy atom. The summed E-state index contributed by atoms with van der Waals surface area (Å²) in [6, 6.07) is 11.9. The van der Waals surface area contributed by atoms with Gasteiger partial charge in [0, 0.05) is 13.0 Å². The zero-order valence-corrected chi connectivity index (χ0v) is 12.2. The molecule has 1 amide bonds. The van der Waals surface area contributed by atoms with Gasteiger partial charge in [0.25, 0.3) is 0 Å². The summed E-state index contributed by atoms with van der Waals surface area (Å²) in [6.07, 6.45) is 1.55. The topological polar surface area (TPSA) is 59.5 Å². The number of rotatable bonds is 4. The number of carbonyl (C=O) groups excluding carboxylic acids is 1. The average molecular weight is 284 g/mol. The maximum absolute atomic E-state index is 11.8. The third-order valence-electron chi connectivity index (χ3n) is 4.10. The van der Waals surface area contributed by atoms with Crippen molar-refractivity contribution in [1.82, 2.24) is 4.90 Å². The molecule has 3 rings (SSSR count). The molecule has 0 radical (unpaired) electrons. The van der Waals surface area contributed by atoms with Crippen LogP contribution in [0.5, 0.6) is 0 Å². The summed E-state index contributed by atoms with van der Waals surface area (Å²) in [5, 5.41) is 0. The standard InChI is InChI=1S/C17H20N2O2/c1-2-14-7-8-15(21-14)11-19-10-13-6-4-3-5-12(13)9-16(19)17(18)20/h3-8,16H,2,9-11H2,1H3,(H2,18,20)/t16-/m0/s1. The number of nitrogens with two attached hydrogens (primary N) is 1. The molecule has 4 heteroatoms. The van der Waals surface area contributed by atoms with Crippen molar-refractivity contribution in [3.63, 3.8) is 0 Å². The summed E-state index contributed by atoms with van der Waals surface area (Å²) in [6.45, 7) is 3.40. The Morgan fingerprint density at radius 2 is 1.95 bits per heavy atom. The highest BCUT2D eigenvalue weighted by atomic mass is 16.3. The monoisotopic (exact) mass is 284 g/mol. The van der Waals surface area contributed by atoms with E-state index < -0.39 is 0 Å². The Hall–Kier alpha value is -2.07. The molecule has 0 aliphatic carbocycles. The third kappa shape index (κ3) is 2.85. The lowest BCUT2D eigenvalue weighted by atomic mass is 9.93. The zero-order chi connectivity index (χ0) is 14.8. The smallest absolute Gasteiger partial charge is 0.235 e. The van der Waals surface area contributed by atoms with Crippen molar-refractivity contribution in [2.45, 2.75) is 38.9 Å². The number of hydrogen-bond acceptors (Lipinski definition) is 3. The van der Waals surface area contributed by atoms with Gasteiger partial charge in [0.05, 0.1) is 12.6 Å². The summed E-state index contributed by atoms with van der Waals surface area (Å²) in [7, 11) is 0. The van der Waals surface area contributed by atoms with E-state index in [1.807, 2.05) is 24.3 Å². The molecule has 1 aliphatic heterocycles. The van der Waals surface area contributed by atoms with Crippen molar-refractivity contribution < 1.29 is 9.21 Å². The molecule has 0 fully saturated rings. The van der Waals surface area contributed by atoms with Crippen LogP contribution in [0.3, 0.4) is 0 Å². The summed E-state index contributed by atoms with van der Waals surface area (Å²) in [5.41, 5.74) is 8.06. The van der Waals surface area contributed by atoms with Crippen LogP contribution in [0.1, 0.15) is 29.6 Å². The second-order valence-electron chi connectivity index (χ2n) is 5.52. The van der Waals surface area contributed by atoms with Gasteiger partial charge in [-0.1, -0.05) is 31.2 Å². The first kappa shape index (κ1) is 13.9. The number of amides is 1. The minimum Gasteiger partial charge on any atom is -0.465 e. The number of nitrogens with zero attached hydrogens (tertiary/aromatic N) is 1. The van der Waals surface area contributed by atoms with Gasteiger partial charge in [0.15, 0.2) is 0 Å². The first-order valence-electron chi connectivity index (χ1n) is 7.35. The van der Waals surface area contributed by atoms with Gasteiger partial charge in [-0.15, -0.1) is 0 Å². The van der Waals surface area contributed by atoms with Crippen LogP contribution < -0.4 is 5.73 Å². The van der Waals surface area contributed by atoms with E-state index in [9.17, 15) is 4.79 Å². The predicted molar refractivity (Wildman–Crippen MR) is 80.5 cm³/mol. The second-order valence-corrected chi connectivity index (χ2v) is 5.52. The molecule has 1 atom stereocenters. The van der Waals surface area contributed by atoms with Gasteiger partial charge in [-0.05, 0) is 29.7 Å². The Balaban J connectivity index is 1.83. The molecule has 1 aromatic heterocycles. The van der Waals surface area contributed by atoms with Gasteiger partial charge in [-0.25, -0.2) is 0 Å². The molecule has 0 bridgehead atoms. The highest BCUT2D eigenvalue weighted by Crippen LogP contribution is 2.25. The normalized spacial score (nSPS) is 18.4. The fourth-order valence-corrected chi connectivity index (χ4v) is 2.92. The molecule has 1 aliphatic rings. The summed E-state index contributed by atoms with van der Waals surface area (Å²) in [4.78, 5) is 13.9. The van der Waals surface area contributed by atoms with Crippen LogP contribution >= 0.6 is 0 Å². The number of benzene rings is 1. The second kappa shape index (κ2) is 5.74. The number of hydrogen-bond donors (Lipinski definition) is 1. The predicted octanol–water partition coefficient (Wildman–Crippen LogP) is 2.25. The molecule has 0 saturated carbocycles. The molecule has 1 aromatic carbocycles. The summed E-state index contributed by atoms with van der Waals surface area (Å²) >= 11 is 0. The minimum atomic E-state index is -0.272. The molecule has 0 unspecified atom stereocenters. The fourth-order valence-electron chi connectivity index (χ4n) is 2.92. The van der Waals surface area contributed by atoms with Crippen LogP contribution in [0.2, 0.25) is 0 Å². The lowest BCUT2D eigenvalue weighted by Gasteiger charge is -2.34. The lowest BCUT2D eigenvalue weighted by Crippen LogP contribution is -2.47. The quantitative estimate of drug-likeness (QED) is 0.936. The van der Waals surface area contributed by atoms with Crippen molar-refractivity contribution >= 4 is 5.91 Å². The van der Waals surface area contributed by atoms with Gasteiger partial charge in [0.1, 0.15) is 11.5 Å². The highest BCUT2D eigenvalue weighted by molar-refractivity contribution is 5.80. The Bertz CT molecular complexity index is 648. The molecule has 2 aromatic rings. The molecule has 2 heterocycles. The molecule has 2 N–H and O–H groups in total. The number of primary amides is 1. The van der Waals surface area contributed by atoms with Crippen LogP contribution in [0, 0.1) is 0 Å². The van der Waals surface area contributed by atoms with Gasteiger partial charge in [0.2, 0.25) is 5.91 Å². The molecular formula is C17H20N2O2.